The molecule has 1 aromatic heterocycles. The maximum atomic E-state index is 5.91. The second kappa shape index (κ2) is 2.75. The van der Waals surface area contributed by atoms with E-state index in [9.17, 15) is 0 Å². The van der Waals surface area contributed by atoms with Gasteiger partial charge in [0.2, 0.25) is 0 Å². The van der Waals surface area contributed by atoms with Gasteiger partial charge in [-0.05, 0) is 35.6 Å². The van der Waals surface area contributed by atoms with Crippen molar-refractivity contribution >= 4 is 28.5 Å². The van der Waals surface area contributed by atoms with E-state index >= 15 is 0 Å². The first-order valence-corrected chi connectivity index (χ1v) is 5.03. The van der Waals surface area contributed by atoms with Crippen LogP contribution in [0.1, 0.15) is 16.9 Å². The van der Waals surface area contributed by atoms with Crippen LogP contribution in [0.2, 0.25) is 4.34 Å². The molecule has 1 aliphatic carbocycles. The van der Waals surface area contributed by atoms with Crippen LogP contribution >= 0.6 is 22.9 Å². The number of halogens is 1. The van der Waals surface area contributed by atoms with Gasteiger partial charge in [-0.1, -0.05) is 24.8 Å². The number of hydrogen-bond donors (Lipinski definition) is 0. The average molecular weight is 197 g/mol. The van der Waals surface area contributed by atoms with Gasteiger partial charge in [-0.2, -0.15) is 0 Å². The number of aryl methyl sites for hydroxylation is 1. The predicted octanol–water partition coefficient (Wildman–Crippen LogP) is 3.92. The molecular formula is C10H9ClS. The second-order valence-electron chi connectivity index (χ2n) is 2.97. The SMILES string of the molecule is C=C1CCc2sc(Cl)cc2C1=C. The van der Waals surface area contributed by atoms with Crippen LogP contribution in [0, 0.1) is 0 Å². The standard InChI is InChI=1S/C10H9ClS/c1-6-3-4-9-8(7(6)2)5-10(11)12-9/h5H,1-4H2. The molecule has 0 bridgehead atoms. The zero-order valence-corrected chi connectivity index (χ0v) is 8.26. The summed E-state index contributed by atoms with van der Waals surface area (Å²) in [5.41, 5.74) is 3.43. The van der Waals surface area contributed by atoms with Gasteiger partial charge >= 0.3 is 0 Å². The molecule has 0 atom stereocenters. The highest BCUT2D eigenvalue weighted by atomic mass is 35.5. The minimum atomic E-state index is 0.857. The van der Waals surface area contributed by atoms with Crippen molar-refractivity contribution in [3.8, 4) is 0 Å². The fourth-order valence-electron chi connectivity index (χ4n) is 1.44. The molecule has 0 spiro atoms. The lowest BCUT2D eigenvalue weighted by atomic mass is 9.91. The lowest BCUT2D eigenvalue weighted by Crippen LogP contribution is -1.98. The van der Waals surface area contributed by atoms with Crippen LogP contribution < -0.4 is 0 Å². The molecule has 0 amide bonds. The van der Waals surface area contributed by atoms with Gasteiger partial charge in [0.1, 0.15) is 0 Å². The molecule has 0 nitrogen and oxygen atoms in total. The minimum Gasteiger partial charge on any atom is -0.128 e. The maximum Gasteiger partial charge on any atom is 0.0937 e. The summed E-state index contributed by atoms with van der Waals surface area (Å²) in [7, 11) is 0. The molecular weight excluding hydrogens is 188 g/mol. The van der Waals surface area contributed by atoms with Gasteiger partial charge in [-0.3, -0.25) is 0 Å². The normalized spacial score (nSPS) is 16.4. The van der Waals surface area contributed by atoms with Gasteiger partial charge in [0.15, 0.2) is 0 Å². The van der Waals surface area contributed by atoms with Crippen molar-refractivity contribution in [1.29, 1.82) is 0 Å². The first kappa shape index (κ1) is 8.09. The van der Waals surface area contributed by atoms with E-state index in [1.165, 1.54) is 10.4 Å². The highest BCUT2D eigenvalue weighted by molar-refractivity contribution is 7.16. The fourth-order valence-corrected chi connectivity index (χ4v) is 2.74. The van der Waals surface area contributed by atoms with Gasteiger partial charge in [-0.25, -0.2) is 0 Å². The van der Waals surface area contributed by atoms with Gasteiger partial charge in [0.25, 0.3) is 0 Å². The number of allylic oxidation sites excluding steroid dienone is 2. The third-order valence-corrected chi connectivity index (χ3v) is 3.51. The molecule has 1 aromatic rings. The monoisotopic (exact) mass is 196 g/mol. The van der Waals surface area contributed by atoms with Crippen molar-refractivity contribution < 1.29 is 0 Å². The smallest absolute Gasteiger partial charge is 0.0937 e. The van der Waals surface area contributed by atoms with E-state index in [0.29, 0.717) is 0 Å². The van der Waals surface area contributed by atoms with Crippen molar-refractivity contribution in [1.82, 2.24) is 0 Å². The maximum absolute atomic E-state index is 5.91. The molecule has 0 radical (unpaired) electrons. The van der Waals surface area contributed by atoms with E-state index in [-0.39, 0.29) is 0 Å². The van der Waals surface area contributed by atoms with Crippen LogP contribution in [0.15, 0.2) is 24.8 Å². The Hall–Kier alpha value is -0.530. The number of thiophene rings is 1. The van der Waals surface area contributed by atoms with Crippen molar-refractivity contribution in [2.45, 2.75) is 12.8 Å². The van der Waals surface area contributed by atoms with E-state index in [1.807, 2.05) is 6.07 Å². The van der Waals surface area contributed by atoms with Crippen molar-refractivity contribution in [3.63, 3.8) is 0 Å². The summed E-state index contributed by atoms with van der Waals surface area (Å²) >= 11 is 7.57. The minimum absolute atomic E-state index is 0.857. The average Bonchev–Trinajstić information content (AvgIpc) is 2.39. The van der Waals surface area contributed by atoms with Crippen molar-refractivity contribution in [3.05, 3.63) is 39.6 Å². The van der Waals surface area contributed by atoms with Gasteiger partial charge < -0.3 is 0 Å². The molecule has 1 heterocycles. The van der Waals surface area contributed by atoms with E-state index in [2.05, 4.69) is 13.2 Å². The summed E-state index contributed by atoms with van der Waals surface area (Å²) in [6, 6.07) is 1.99. The first-order chi connectivity index (χ1) is 5.68. The van der Waals surface area contributed by atoms with E-state index in [4.69, 9.17) is 11.6 Å². The molecule has 0 aliphatic heterocycles. The number of hydrogen-bond acceptors (Lipinski definition) is 1. The Bertz CT molecular complexity index is 360. The highest BCUT2D eigenvalue weighted by Gasteiger charge is 2.17. The molecule has 2 heteroatoms. The van der Waals surface area contributed by atoms with Crippen LogP contribution in [-0.2, 0) is 6.42 Å². The zero-order valence-electron chi connectivity index (χ0n) is 6.69. The Morgan fingerprint density at radius 3 is 2.83 bits per heavy atom. The van der Waals surface area contributed by atoms with Crippen LogP contribution in [0.4, 0.5) is 0 Å². The molecule has 1 aliphatic rings. The Labute approximate surface area is 81.2 Å². The second-order valence-corrected chi connectivity index (χ2v) is 4.74. The highest BCUT2D eigenvalue weighted by Crippen LogP contribution is 2.39. The molecule has 0 saturated carbocycles. The van der Waals surface area contributed by atoms with E-state index < -0.39 is 0 Å². The molecule has 62 valence electrons. The van der Waals surface area contributed by atoms with Crippen LogP contribution in [0.3, 0.4) is 0 Å². The lowest BCUT2D eigenvalue weighted by Gasteiger charge is -2.15. The fraction of sp³-hybridized carbons (Fsp3) is 0.200. The summed E-state index contributed by atoms with van der Waals surface area (Å²) in [6.07, 6.45) is 2.10. The summed E-state index contributed by atoms with van der Waals surface area (Å²) < 4.78 is 0.857. The quantitative estimate of drug-likeness (QED) is 0.590. The summed E-state index contributed by atoms with van der Waals surface area (Å²) in [5.74, 6) is 0. The molecule has 0 aromatic carbocycles. The predicted molar refractivity (Wildman–Crippen MR) is 55.8 cm³/mol. The molecule has 12 heavy (non-hydrogen) atoms. The summed E-state index contributed by atoms with van der Waals surface area (Å²) in [5, 5.41) is 0. The van der Waals surface area contributed by atoms with Crippen LogP contribution in [0.5, 0.6) is 0 Å². The Morgan fingerprint density at radius 1 is 1.33 bits per heavy atom. The van der Waals surface area contributed by atoms with E-state index in [1.54, 1.807) is 11.3 Å². The Morgan fingerprint density at radius 2 is 2.08 bits per heavy atom. The Kier molecular flexibility index (Phi) is 1.85. The molecule has 0 saturated heterocycles. The van der Waals surface area contributed by atoms with Gasteiger partial charge in [-0.15, -0.1) is 11.3 Å². The van der Waals surface area contributed by atoms with Crippen LogP contribution in [-0.4, -0.2) is 0 Å². The lowest BCUT2D eigenvalue weighted by molar-refractivity contribution is 0.969. The van der Waals surface area contributed by atoms with Crippen molar-refractivity contribution in [2.75, 3.05) is 0 Å². The topological polar surface area (TPSA) is 0 Å². The molecule has 2 rings (SSSR count). The third-order valence-electron chi connectivity index (χ3n) is 2.18. The third kappa shape index (κ3) is 1.13. The summed E-state index contributed by atoms with van der Waals surface area (Å²) in [4.78, 5) is 1.36. The van der Waals surface area contributed by atoms with Gasteiger partial charge in [0, 0.05) is 4.88 Å². The molecule has 0 unspecified atom stereocenters. The Balaban J connectivity index is 2.55. The summed E-state index contributed by atoms with van der Waals surface area (Å²) in [6.45, 7) is 7.96. The number of fused-ring (bicyclic) bond motifs is 1. The molecule has 0 N–H and O–H groups in total. The number of rotatable bonds is 0. The van der Waals surface area contributed by atoms with Crippen LogP contribution in [0.25, 0.3) is 5.57 Å². The largest absolute Gasteiger partial charge is 0.128 e. The van der Waals surface area contributed by atoms with Crippen molar-refractivity contribution in [2.24, 2.45) is 0 Å². The van der Waals surface area contributed by atoms with E-state index in [0.717, 1.165) is 28.3 Å². The molecule has 0 fully saturated rings. The zero-order chi connectivity index (χ0) is 8.72. The van der Waals surface area contributed by atoms with Gasteiger partial charge in [0.05, 0.1) is 4.34 Å². The first-order valence-electron chi connectivity index (χ1n) is 3.84.